The molecule has 54 heavy (non-hydrogen) atoms. The van der Waals surface area contributed by atoms with Crippen molar-refractivity contribution in [1.29, 1.82) is 0 Å². The molecule has 0 amide bonds. The maximum absolute atomic E-state index is 2.41. The minimum atomic E-state index is 1.11. The fourth-order valence-corrected chi connectivity index (χ4v) is 8.52. The fourth-order valence-electron chi connectivity index (χ4n) is 8.52. The first-order valence-corrected chi connectivity index (χ1v) is 18.6. The molecule has 0 spiro atoms. The molecule has 0 bridgehead atoms. The monoisotopic (exact) mass is 686 g/mol. The minimum absolute atomic E-state index is 1.11. The van der Waals surface area contributed by atoms with Crippen LogP contribution in [-0.4, -0.2) is 4.57 Å². The van der Waals surface area contributed by atoms with Crippen LogP contribution in [0.3, 0.4) is 0 Å². The molecule has 2 heteroatoms. The number of benzene rings is 10. The largest absolute Gasteiger partial charge is 0.310 e. The SMILES string of the molecule is c1ccc(-n2c3ccccc3c3cc(-c4ccc(N(c5ccc6ccc7ccccc7c6c5)c5ccc6ccc7ccccc7c6c5)cc4)ccc32)cc1. The number of fused-ring (bicyclic) bond motifs is 9. The smallest absolute Gasteiger partial charge is 0.0541 e. The molecule has 0 unspecified atom stereocenters. The topological polar surface area (TPSA) is 8.17 Å². The van der Waals surface area contributed by atoms with Gasteiger partial charge in [-0.3, -0.25) is 0 Å². The molecule has 0 radical (unpaired) electrons. The van der Waals surface area contributed by atoms with Gasteiger partial charge in [0, 0.05) is 33.5 Å². The Morgan fingerprint density at radius 3 is 1.37 bits per heavy atom. The van der Waals surface area contributed by atoms with Crippen LogP contribution in [0.4, 0.5) is 17.1 Å². The van der Waals surface area contributed by atoms with Gasteiger partial charge in [0.1, 0.15) is 0 Å². The molecule has 11 aromatic rings. The minimum Gasteiger partial charge on any atom is -0.310 e. The second-order valence-electron chi connectivity index (χ2n) is 14.2. The predicted molar refractivity (Wildman–Crippen MR) is 231 cm³/mol. The molecule has 0 fully saturated rings. The summed E-state index contributed by atoms with van der Waals surface area (Å²) < 4.78 is 2.37. The summed E-state index contributed by atoms with van der Waals surface area (Å²) in [6.07, 6.45) is 0. The zero-order valence-corrected chi connectivity index (χ0v) is 29.5. The first kappa shape index (κ1) is 30.5. The summed E-state index contributed by atoms with van der Waals surface area (Å²) in [6, 6.07) is 75.4. The number of hydrogen-bond donors (Lipinski definition) is 0. The molecule has 0 aliphatic carbocycles. The van der Waals surface area contributed by atoms with Crippen molar-refractivity contribution in [2.24, 2.45) is 0 Å². The van der Waals surface area contributed by atoms with E-state index in [0.717, 1.165) is 17.1 Å². The van der Waals surface area contributed by atoms with E-state index in [4.69, 9.17) is 0 Å². The first-order chi connectivity index (χ1) is 26.8. The molecule has 1 aromatic heterocycles. The maximum atomic E-state index is 2.41. The molecule has 0 saturated heterocycles. The lowest BCUT2D eigenvalue weighted by molar-refractivity contribution is 1.18. The molecule has 10 aromatic carbocycles. The second kappa shape index (κ2) is 12.2. The van der Waals surface area contributed by atoms with Crippen LogP contribution >= 0.6 is 0 Å². The zero-order valence-electron chi connectivity index (χ0n) is 29.5. The molecular weight excluding hydrogens is 653 g/mol. The van der Waals surface area contributed by atoms with E-state index in [1.54, 1.807) is 0 Å². The highest BCUT2D eigenvalue weighted by atomic mass is 15.1. The van der Waals surface area contributed by atoms with Crippen LogP contribution in [0.25, 0.3) is 81.7 Å². The number of anilines is 3. The maximum Gasteiger partial charge on any atom is 0.0541 e. The van der Waals surface area contributed by atoms with Crippen LogP contribution < -0.4 is 4.90 Å². The van der Waals surface area contributed by atoms with Gasteiger partial charge in [0.25, 0.3) is 0 Å². The Morgan fingerprint density at radius 1 is 0.278 bits per heavy atom. The van der Waals surface area contributed by atoms with Gasteiger partial charge in [-0.15, -0.1) is 0 Å². The van der Waals surface area contributed by atoms with Gasteiger partial charge >= 0.3 is 0 Å². The van der Waals surface area contributed by atoms with Gasteiger partial charge < -0.3 is 9.47 Å². The van der Waals surface area contributed by atoms with E-state index >= 15 is 0 Å². The highest BCUT2D eigenvalue weighted by molar-refractivity contribution is 6.12. The molecule has 0 aliphatic heterocycles. The van der Waals surface area contributed by atoms with Crippen LogP contribution in [0.2, 0.25) is 0 Å². The summed E-state index contributed by atoms with van der Waals surface area (Å²) >= 11 is 0. The van der Waals surface area contributed by atoms with E-state index < -0.39 is 0 Å². The molecular formula is C52H34N2. The van der Waals surface area contributed by atoms with Gasteiger partial charge in [0.15, 0.2) is 0 Å². The Balaban J connectivity index is 1.07. The molecule has 0 N–H and O–H groups in total. The highest BCUT2D eigenvalue weighted by Crippen LogP contribution is 2.41. The molecule has 0 atom stereocenters. The van der Waals surface area contributed by atoms with Crippen molar-refractivity contribution in [1.82, 2.24) is 4.57 Å². The summed E-state index contributed by atoms with van der Waals surface area (Å²) in [4.78, 5) is 2.41. The molecule has 11 rings (SSSR count). The van der Waals surface area contributed by atoms with Crippen LogP contribution in [-0.2, 0) is 0 Å². The lowest BCUT2D eigenvalue weighted by Gasteiger charge is -2.27. The lowest BCUT2D eigenvalue weighted by Crippen LogP contribution is -2.10. The van der Waals surface area contributed by atoms with Gasteiger partial charge in [0.2, 0.25) is 0 Å². The third kappa shape index (κ3) is 4.88. The van der Waals surface area contributed by atoms with E-state index in [9.17, 15) is 0 Å². The van der Waals surface area contributed by atoms with Crippen molar-refractivity contribution < 1.29 is 0 Å². The molecule has 1 heterocycles. The van der Waals surface area contributed by atoms with Gasteiger partial charge in [-0.1, -0.05) is 140 Å². The van der Waals surface area contributed by atoms with Gasteiger partial charge in [-0.05, 0) is 121 Å². The number of aromatic nitrogens is 1. The summed E-state index contributed by atoms with van der Waals surface area (Å²) in [5.41, 5.74) is 9.35. The molecule has 2 nitrogen and oxygen atoms in total. The standard InChI is InChI=1S/C52H34N2/c1-2-12-41(13-3-1)54-51-17-9-8-16-47(51)50-32-40(26-31-52(50)54)35-22-27-42(28-23-35)53(43-29-24-38-20-18-36-10-4-6-14-45(36)48(38)33-43)44-30-25-39-21-19-37-11-5-7-15-46(37)49(39)34-44/h1-34H. The summed E-state index contributed by atoms with van der Waals surface area (Å²) in [7, 11) is 0. The third-order valence-electron chi connectivity index (χ3n) is 11.1. The normalized spacial score (nSPS) is 11.7. The summed E-state index contributed by atoms with van der Waals surface area (Å²) in [6.45, 7) is 0. The van der Waals surface area contributed by atoms with Crippen molar-refractivity contribution in [3.63, 3.8) is 0 Å². The Hall–Kier alpha value is -7.16. The van der Waals surface area contributed by atoms with Crippen molar-refractivity contribution in [2.75, 3.05) is 4.90 Å². The Kier molecular flexibility index (Phi) is 6.90. The molecule has 252 valence electrons. The van der Waals surface area contributed by atoms with Crippen LogP contribution in [0.15, 0.2) is 206 Å². The Bertz CT molecular complexity index is 3090. The van der Waals surface area contributed by atoms with Crippen molar-refractivity contribution in [3.05, 3.63) is 206 Å². The van der Waals surface area contributed by atoms with E-state index in [1.165, 1.54) is 81.7 Å². The second-order valence-corrected chi connectivity index (χ2v) is 14.2. The van der Waals surface area contributed by atoms with E-state index in [-0.39, 0.29) is 0 Å². The lowest BCUT2D eigenvalue weighted by atomic mass is 9.99. The number of nitrogens with zero attached hydrogens (tertiary/aromatic N) is 2. The average Bonchev–Trinajstić information content (AvgIpc) is 3.58. The van der Waals surface area contributed by atoms with E-state index in [1.807, 2.05) is 0 Å². The molecule has 0 aliphatic rings. The third-order valence-corrected chi connectivity index (χ3v) is 11.1. The predicted octanol–water partition coefficient (Wildman–Crippen LogP) is 14.5. The first-order valence-electron chi connectivity index (χ1n) is 18.6. The summed E-state index contributed by atoms with van der Waals surface area (Å²) in [5, 5.41) is 12.5. The van der Waals surface area contributed by atoms with Crippen LogP contribution in [0, 0.1) is 0 Å². The zero-order chi connectivity index (χ0) is 35.6. The Morgan fingerprint density at radius 2 is 0.741 bits per heavy atom. The average molecular weight is 687 g/mol. The van der Waals surface area contributed by atoms with Crippen LogP contribution in [0.5, 0.6) is 0 Å². The van der Waals surface area contributed by atoms with Crippen molar-refractivity contribution >= 4 is 82.0 Å². The van der Waals surface area contributed by atoms with Crippen LogP contribution in [0.1, 0.15) is 0 Å². The number of para-hydroxylation sites is 2. The number of hydrogen-bond acceptors (Lipinski definition) is 1. The summed E-state index contributed by atoms with van der Waals surface area (Å²) in [5.74, 6) is 0. The molecule has 0 saturated carbocycles. The van der Waals surface area contributed by atoms with E-state index in [2.05, 4.69) is 216 Å². The van der Waals surface area contributed by atoms with E-state index in [0.29, 0.717) is 0 Å². The highest BCUT2D eigenvalue weighted by Gasteiger charge is 2.17. The van der Waals surface area contributed by atoms with Gasteiger partial charge in [-0.2, -0.15) is 0 Å². The van der Waals surface area contributed by atoms with Crippen molar-refractivity contribution in [2.45, 2.75) is 0 Å². The Labute approximate surface area is 313 Å². The quantitative estimate of drug-likeness (QED) is 0.164. The van der Waals surface area contributed by atoms with Gasteiger partial charge in [0.05, 0.1) is 11.0 Å². The fraction of sp³-hybridized carbons (Fsp3) is 0. The van der Waals surface area contributed by atoms with Gasteiger partial charge in [-0.25, -0.2) is 0 Å². The number of rotatable bonds is 5. The van der Waals surface area contributed by atoms with Crippen molar-refractivity contribution in [3.8, 4) is 16.8 Å².